The summed E-state index contributed by atoms with van der Waals surface area (Å²) in [6.07, 6.45) is 5.93. The molecule has 0 radical (unpaired) electrons. The van der Waals surface area contributed by atoms with Gasteiger partial charge in [0.05, 0.1) is 0 Å². The van der Waals surface area contributed by atoms with E-state index in [1.807, 2.05) is 24.3 Å². The lowest BCUT2D eigenvalue weighted by molar-refractivity contribution is -0.166. The molecule has 0 saturated carbocycles. The largest absolute Gasteiger partial charge is 0.459 e. The van der Waals surface area contributed by atoms with Gasteiger partial charge in [-0.2, -0.15) is 0 Å². The van der Waals surface area contributed by atoms with Gasteiger partial charge in [-0.25, -0.2) is 4.79 Å². The van der Waals surface area contributed by atoms with Crippen LogP contribution in [-0.4, -0.2) is 54.6 Å². The average Bonchev–Trinajstić information content (AvgIpc) is 2.65. The van der Waals surface area contributed by atoms with Gasteiger partial charge in [-0.15, -0.1) is 0 Å². The number of rotatable bonds is 4. The Labute approximate surface area is 155 Å². The second-order valence-electron chi connectivity index (χ2n) is 7.66. The van der Waals surface area contributed by atoms with Crippen LogP contribution in [0.2, 0.25) is 5.02 Å². The van der Waals surface area contributed by atoms with Crippen LogP contribution in [-0.2, 0) is 9.53 Å². The molecule has 4 nitrogen and oxygen atoms in total. The van der Waals surface area contributed by atoms with Crippen molar-refractivity contribution in [2.45, 2.75) is 44.2 Å². The molecule has 2 bridgehead atoms. The number of carbonyl (C=O) groups is 1. The van der Waals surface area contributed by atoms with Gasteiger partial charge in [0.25, 0.3) is 0 Å². The highest BCUT2D eigenvalue weighted by Gasteiger charge is 2.39. The van der Waals surface area contributed by atoms with Gasteiger partial charge in [-0.3, -0.25) is 9.80 Å². The second-order valence-corrected chi connectivity index (χ2v) is 8.10. The smallest absolute Gasteiger partial charge is 0.328 e. The number of fused-ring (bicyclic) bond motifs is 3. The molecule has 1 aromatic carbocycles. The number of esters is 1. The van der Waals surface area contributed by atoms with Gasteiger partial charge in [0.1, 0.15) is 12.1 Å². The summed E-state index contributed by atoms with van der Waals surface area (Å²) in [6, 6.07) is 7.39. The Bertz CT molecular complexity index is 592. The van der Waals surface area contributed by atoms with E-state index >= 15 is 0 Å². The van der Waals surface area contributed by atoms with Crippen LogP contribution in [0.5, 0.6) is 0 Å². The van der Waals surface area contributed by atoms with Crippen LogP contribution >= 0.6 is 11.6 Å². The maximum Gasteiger partial charge on any atom is 0.328 e. The highest BCUT2D eigenvalue weighted by molar-refractivity contribution is 6.30. The standard InChI is InChI=1S/C20H27ClN2O2/c21-17-6-4-16(5-7-17)19(23-10-2-1-3-11-23)20(24)25-18-14-22-12-8-15(18)9-13-22/h4-7,15,18-19H,1-3,8-14H2. The first-order valence-electron chi connectivity index (χ1n) is 9.63. The van der Waals surface area contributed by atoms with E-state index in [0.717, 1.165) is 64.0 Å². The molecular formula is C20H27ClN2O2. The predicted molar refractivity (Wildman–Crippen MR) is 98.7 cm³/mol. The predicted octanol–water partition coefficient (Wildman–Crippen LogP) is 3.50. The quantitative estimate of drug-likeness (QED) is 0.767. The normalized spacial score (nSPS) is 30.8. The number of nitrogens with zero attached hydrogens (tertiary/aromatic N) is 2. The Morgan fingerprint density at radius 2 is 1.72 bits per heavy atom. The SMILES string of the molecule is O=C(OC1CN2CCC1CC2)C(c1ccc(Cl)cc1)N1CCCCC1. The average molecular weight is 363 g/mol. The van der Waals surface area contributed by atoms with Crippen molar-refractivity contribution >= 4 is 17.6 Å². The lowest BCUT2D eigenvalue weighted by Crippen LogP contribution is -2.52. The fraction of sp³-hybridized carbons (Fsp3) is 0.650. The van der Waals surface area contributed by atoms with Crippen LogP contribution in [0.3, 0.4) is 0 Å². The third-order valence-electron chi connectivity index (χ3n) is 6.03. The first-order valence-corrected chi connectivity index (χ1v) is 10.0. The molecule has 0 N–H and O–H groups in total. The Morgan fingerprint density at radius 3 is 2.32 bits per heavy atom. The molecule has 0 spiro atoms. The molecule has 0 amide bonds. The fourth-order valence-electron chi connectivity index (χ4n) is 4.58. The minimum Gasteiger partial charge on any atom is -0.459 e. The van der Waals surface area contributed by atoms with E-state index in [0.29, 0.717) is 10.9 Å². The lowest BCUT2D eigenvalue weighted by atomic mass is 9.86. The van der Waals surface area contributed by atoms with Crippen LogP contribution in [0.1, 0.15) is 43.7 Å². The number of halogens is 1. The number of piperidine rings is 4. The number of benzene rings is 1. The molecule has 4 fully saturated rings. The molecule has 5 heteroatoms. The van der Waals surface area contributed by atoms with Crippen LogP contribution in [0, 0.1) is 5.92 Å². The van der Waals surface area contributed by atoms with Gasteiger partial charge in [-0.05, 0) is 75.5 Å². The van der Waals surface area contributed by atoms with Gasteiger partial charge >= 0.3 is 5.97 Å². The molecular weight excluding hydrogens is 336 g/mol. The minimum absolute atomic E-state index is 0.0644. The third-order valence-corrected chi connectivity index (χ3v) is 6.28. The van der Waals surface area contributed by atoms with E-state index in [1.54, 1.807) is 0 Å². The van der Waals surface area contributed by atoms with E-state index in [2.05, 4.69) is 9.80 Å². The van der Waals surface area contributed by atoms with Crippen molar-refractivity contribution in [3.8, 4) is 0 Å². The first-order chi connectivity index (χ1) is 12.2. The van der Waals surface area contributed by atoms with Crippen molar-refractivity contribution in [3.63, 3.8) is 0 Å². The fourth-order valence-corrected chi connectivity index (χ4v) is 4.70. The molecule has 4 saturated heterocycles. The molecule has 4 aliphatic rings. The Kier molecular flexibility index (Phi) is 5.30. The third kappa shape index (κ3) is 3.86. The number of carbonyl (C=O) groups excluding carboxylic acids is 1. The number of hydrogen-bond acceptors (Lipinski definition) is 4. The van der Waals surface area contributed by atoms with E-state index in [-0.39, 0.29) is 18.1 Å². The van der Waals surface area contributed by atoms with Gasteiger partial charge < -0.3 is 4.74 Å². The zero-order valence-corrected chi connectivity index (χ0v) is 15.5. The summed E-state index contributed by atoms with van der Waals surface area (Å²) < 4.78 is 6.07. The second kappa shape index (κ2) is 7.65. The molecule has 1 aromatic rings. The summed E-state index contributed by atoms with van der Waals surface area (Å²) >= 11 is 6.04. The van der Waals surface area contributed by atoms with Crippen molar-refractivity contribution in [3.05, 3.63) is 34.9 Å². The van der Waals surface area contributed by atoms with Crippen LogP contribution in [0.4, 0.5) is 0 Å². The van der Waals surface area contributed by atoms with Crippen molar-refractivity contribution < 1.29 is 9.53 Å². The number of hydrogen-bond donors (Lipinski definition) is 0. The molecule has 0 aliphatic carbocycles. The van der Waals surface area contributed by atoms with E-state index in [9.17, 15) is 4.79 Å². The zero-order chi connectivity index (χ0) is 17.2. The van der Waals surface area contributed by atoms with Gasteiger partial charge in [0, 0.05) is 11.6 Å². The van der Waals surface area contributed by atoms with Crippen molar-refractivity contribution in [2.24, 2.45) is 5.92 Å². The molecule has 136 valence electrons. The maximum absolute atomic E-state index is 13.2. The Hall–Kier alpha value is -1.10. The molecule has 0 aromatic heterocycles. The topological polar surface area (TPSA) is 32.8 Å². The van der Waals surface area contributed by atoms with Gasteiger partial charge in [0.15, 0.2) is 0 Å². The maximum atomic E-state index is 13.2. The minimum atomic E-state index is -0.298. The van der Waals surface area contributed by atoms with Gasteiger partial charge in [-0.1, -0.05) is 30.2 Å². The van der Waals surface area contributed by atoms with E-state index in [1.165, 1.54) is 6.42 Å². The van der Waals surface area contributed by atoms with Crippen molar-refractivity contribution in [2.75, 3.05) is 32.7 Å². The summed E-state index contributed by atoms with van der Waals surface area (Å²) in [5.41, 5.74) is 0.998. The van der Waals surface area contributed by atoms with Crippen molar-refractivity contribution in [1.29, 1.82) is 0 Å². The number of ether oxygens (including phenoxy) is 1. The monoisotopic (exact) mass is 362 g/mol. The summed E-state index contributed by atoms with van der Waals surface area (Å²) in [4.78, 5) is 17.9. The molecule has 4 aliphatic heterocycles. The van der Waals surface area contributed by atoms with Gasteiger partial charge in [0.2, 0.25) is 0 Å². The Balaban J connectivity index is 1.52. The van der Waals surface area contributed by atoms with Crippen LogP contribution in [0.25, 0.3) is 0 Å². The first kappa shape index (κ1) is 17.3. The summed E-state index contributed by atoms with van der Waals surface area (Å²) in [5, 5.41) is 0.701. The molecule has 2 unspecified atom stereocenters. The summed E-state index contributed by atoms with van der Waals surface area (Å²) in [6.45, 7) is 5.14. The van der Waals surface area contributed by atoms with E-state index < -0.39 is 0 Å². The lowest BCUT2D eigenvalue weighted by Gasteiger charge is -2.44. The Morgan fingerprint density at radius 1 is 1.04 bits per heavy atom. The van der Waals surface area contributed by atoms with Crippen LogP contribution < -0.4 is 0 Å². The number of likely N-dealkylation sites (tertiary alicyclic amines) is 1. The summed E-state index contributed by atoms with van der Waals surface area (Å²) in [5.74, 6) is 0.462. The summed E-state index contributed by atoms with van der Waals surface area (Å²) in [7, 11) is 0. The molecule has 5 rings (SSSR count). The van der Waals surface area contributed by atoms with E-state index in [4.69, 9.17) is 16.3 Å². The molecule has 4 heterocycles. The highest BCUT2D eigenvalue weighted by Crippen LogP contribution is 2.32. The molecule has 25 heavy (non-hydrogen) atoms. The highest BCUT2D eigenvalue weighted by atomic mass is 35.5. The van der Waals surface area contributed by atoms with Crippen molar-refractivity contribution in [1.82, 2.24) is 9.80 Å². The zero-order valence-electron chi connectivity index (χ0n) is 14.7. The van der Waals surface area contributed by atoms with Crippen LogP contribution in [0.15, 0.2) is 24.3 Å². The molecule has 2 atom stereocenters.